The van der Waals surface area contributed by atoms with Gasteiger partial charge in [-0.05, 0) is 47.5 Å². The Morgan fingerprint density at radius 2 is 1.67 bits per heavy atom. The Hall–Kier alpha value is -1.64. The largest absolute Gasteiger partial charge is 0.309 e. The Balaban J connectivity index is 2.11. The van der Waals surface area contributed by atoms with E-state index >= 15 is 0 Å². The summed E-state index contributed by atoms with van der Waals surface area (Å²) in [5.41, 5.74) is 3.81. The van der Waals surface area contributed by atoms with Crippen LogP contribution in [-0.4, -0.2) is 7.05 Å². The van der Waals surface area contributed by atoms with Crippen LogP contribution in [0.1, 0.15) is 22.7 Å². The van der Waals surface area contributed by atoms with Crippen LogP contribution >= 0.6 is 15.9 Å². The third kappa shape index (κ3) is 2.74. The van der Waals surface area contributed by atoms with E-state index in [-0.39, 0.29) is 6.04 Å². The van der Waals surface area contributed by atoms with E-state index in [9.17, 15) is 0 Å². The summed E-state index contributed by atoms with van der Waals surface area (Å²) in [6.45, 7) is 2.13. The highest BCUT2D eigenvalue weighted by Crippen LogP contribution is 2.31. The predicted molar refractivity (Wildman–Crippen MR) is 93.7 cm³/mol. The van der Waals surface area contributed by atoms with E-state index in [0.717, 1.165) is 0 Å². The van der Waals surface area contributed by atoms with E-state index in [4.69, 9.17) is 0 Å². The average Bonchev–Trinajstić information content (AvgIpc) is 2.52. The van der Waals surface area contributed by atoms with E-state index in [1.165, 1.54) is 31.9 Å². The normalized spacial score (nSPS) is 12.5. The summed E-state index contributed by atoms with van der Waals surface area (Å²) in [7, 11) is 2.01. The van der Waals surface area contributed by atoms with Crippen molar-refractivity contribution in [1.29, 1.82) is 0 Å². The number of hydrogen-bond donors (Lipinski definition) is 1. The molecule has 0 fully saturated rings. The van der Waals surface area contributed by atoms with Gasteiger partial charge in [-0.3, -0.25) is 0 Å². The molecule has 1 unspecified atom stereocenters. The van der Waals surface area contributed by atoms with Gasteiger partial charge in [-0.2, -0.15) is 0 Å². The van der Waals surface area contributed by atoms with E-state index in [2.05, 4.69) is 88.8 Å². The van der Waals surface area contributed by atoms with Crippen molar-refractivity contribution in [2.75, 3.05) is 7.05 Å². The average molecular weight is 340 g/mol. The summed E-state index contributed by atoms with van der Waals surface area (Å²) in [6.07, 6.45) is 0. The first-order valence-corrected chi connectivity index (χ1v) is 7.91. The Morgan fingerprint density at radius 3 is 2.43 bits per heavy atom. The molecule has 2 heteroatoms. The molecule has 0 saturated heterocycles. The van der Waals surface area contributed by atoms with Crippen molar-refractivity contribution in [2.24, 2.45) is 0 Å². The molecular formula is C19H18BrN. The topological polar surface area (TPSA) is 12.0 Å². The number of nitrogens with one attached hydrogen (secondary N) is 1. The molecule has 1 nitrogen and oxygen atoms in total. The maximum absolute atomic E-state index is 3.73. The van der Waals surface area contributed by atoms with E-state index in [1.54, 1.807) is 0 Å². The minimum Gasteiger partial charge on any atom is -0.309 e. The molecule has 0 bridgehead atoms. The molecule has 0 amide bonds. The SMILES string of the molecule is CNC(c1ccc2ccccc2c1)c1cccc(C)c1Br. The van der Waals surface area contributed by atoms with Gasteiger partial charge in [0.05, 0.1) is 6.04 Å². The number of rotatable bonds is 3. The quantitative estimate of drug-likeness (QED) is 0.689. The van der Waals surface area contributed by atoms with Gasteiger partial charge in [0.25, 0.3) is 0 Å². The van der Waals surface area contributed by atoms with Crippen LogP contribution in [-0.2, 0) is 0 Å². The zero-order chi connectivity index (χ0) is 14.8. The third-order valence-corrected chi connectivity index (χ3v) is 5.01. The number of fused-ring (bicyclic) bond motifs is 1. The van der Waals surface area contributed by atoms with Gasteiger partial charge in [-0.25, -0.2) is 0 Å². The van der Waals surface area contributed by atoms with Crippen molar-refractivity contribution >= 4 is 26.7 Å². The summed E-state index contributed by atoms with van der Waals surface area (Å²) in [5.74, 6) is 0. The second-order valence-electron chi connectivity index (χ2n) is 5.31. The first-order valence-electron chi connectivity index (χ1n) is 7.11. The molecule has 3 aromatic rings. The predicted octanol–water partition coefficient (Wildman–Crippen LogP) is 5.22. The third-order valence-electron chi connectivity index (χ3n) is 3.93. The van der Waals surface area contributed by atoms with Gasteiger partial charge in [0.1, 0.15) is 0 Å². The summed E-state index contributed by atoms with van der Waals surface area (Å²) in [4.78, 5) is 0. The van der Waals surface area contributed by atoms with Crippen LogP contribution in [0.5, 0.6) is 0 Å². The Kier molecular flexibility index (Phi) is 4.09. The highest BCUT2D eigenvalue weighted by Gasteiger charge is 2.16. The Bertz CT molecular complexity index is 779. The first-order chi connectivity index (χ1) is 10.2. The van der Waals surface area contributed by atoms with E-state index < -0.39 is 0 Å². The zero-order valence-electron chi connectivity index (χ0n) is 12.2. The van der Waals surface area contributed by atoms with Crippen molar-refractivity contribution in [3.05, 3.63) is 81.8 Å². The minimum atomic E-state index is 0.184. The second kappa shape index (κ2) is 6.00. The maximum atomic E-state index is 3.73. The fourth-order valence-corrected chi connectivity index (χ4v) is 3.28. The van der Waals surface area contributed by atoms with E-state index in [1.807, 2.05) is 7.05 Å². The van der Waals surface area contributed by atoms with Crippen LogP contribution in [0.25, 0.3) is 10.8 Å². The summed E-state index contributed by atoms with van der Waals surface area (Å²) in [5, 5.41) is 5.99. The first kappa shape index (κ1) is 14.3. The fraction of sp³-hybridized carbons (Fsp3) is 0.158. The van der Waals surface area contributed by atoms with Crippen LogP contribution in [0.15, 0.2) is 65.1 Å². The highest BCUT2D eigenvalue weighted by molar-refractivity contribution is 9.10. The van der Waals surface area contributed by atoms with Crippen molar-refractivity contribution < 1.29 is 0 Å². The molecular weight excluding hydrogens is 322 g/mol. The van der Waals surface area contributed by atoms with Gasteiger partial charge in [0.2, 0.25) is 0 Å². The molecule has 3 rings (SSSR count). The molecule has 0 saturated carbocycles. The van der Waals surface area contributed by atoms with Crippen LogP contribution in [0.2, 0.25) is 0 Å². The zero-order valence-corrected chi connectivity index (χ0v) is 13.8. The summed E-state index contributed by atoms with van der Waals surface area (Å²) in [6, 6.07) is 21.7. The summed E-state index contributed by atoms with van der Waals surface area (Å²) < 4.78 is 1.18. The number of aryl methyl sites for hydroxylation is 1. The molecule has 0 heterocycles. The molecule has 0 aliphatic carbocycles. The van der Waals surface area contributed by atoms with Gasteiger partial charge < -0.3 is 5.32 Å². The van der Waals surface area contributed by atoms with Gasteiger partial charge in [0, 0.05) is 4.47 Å². The highest BCUT2D eigenvalue weighted by atomic mass is 79.9. The second-order valence-corrected chi connectivity index (χ2v) is 6.10. The van der Waals surface area contributed by atoms with Crippen molar-refractivity contribution in [3.63, 3.8) is 0 Å². The van der Waals surface area contributed by atoms with Crippen molar-refractivity contribution in [1.82, 2.24) is 5.32 Å². The Morgan fingerprint density at radius 1 is 0.905 bits per heavy atom. The van der Waals surface area contributed by atoms with E-state index in [0.29, 0.717) is 0 Å². The van der Waals surface area contributed by atoms with Gasteiger partial charge in [-0.15, -0.1) is 0 Å². The minimum absolute atomic E-state index is 0.184. The van der Waals surface area contributed by atoms with Crippen LogP contribution < -0.4 is 5.32 Å². The van der Waals surface area contributed by atoms with Gasteiger partial charge in [0.15, 0.2) is 0 Å². The lowest BCUT2D eigenvalue weighted by molar-refractivity contribution is 0.689. The molecule has 3 aromatic carbocycles. The number of hydrogen-bond acceptors (Lipinski definition) is 1. The molecule has 0 spiro atoms. The van der Waals surface area contributed by atoms with Crippen LogP contribution in [0, 0.1) is 6.92 Å². The molecule has 0 aromatic heterocycles. The molecule has 0 aliphatic rings. The maximum Gasteiger partial charge on any atom is 0.0585 e. The number of benzene rings is 3. The molecule has 0 radical (unpaired) electrons. The molecule has 0 aliphatic heterocycles. The standard InChI is InChI=1S/C19H18BrN/c1-13-6-5-9-17(18(13)20)19(21-2)16-11-10-14-7-3-4-8-15(14)12-16/h3-12,19,21H,1-2H3. The van der Waals surface area contributed by atoms with Crippen molar-refractivity contribution in [3.8, 4) is 0 Å². The lowest BCUT2D eigenvalue weighted by Gasteiger charge is -2.20. The molecule has 21 heavy (non-hydrogen) atoms. The van der Waals surface area contributed by atoms with Crippen molar-refractivity contribution in [2.45, 2.75) is 13.0 Å². The smallest absolute Gasteiger partial charge is 0.0585 e. The lowest BCUT2D eigenvalue weighted by Crippen LogP contribution is -2.18. The Labute approximate surface area is 134 Å². The van der Waals surface area contributed by atoms with Gasteiger partial charge >= 0.3 is 0 Å². The number of halogens is 1. The summed E-state index contributed by atoms with van der Waals surface area (Å²) >= 11 is 3.73. The molecule has 1 N–H and O–H groups in total. The van der Waals surface area contributed by atoms with Gasteiger partial charge in [-0.1, -0.05) is 70.5 Å². The van der Waals surface area contributed by atoms with Crippen LogP contribution in [0.3, 0.4) is 0 Å². The van der Waals surface area contributed by atoms with Crippen LogP contribution in [0.4, 0.5) is 0 Å². The monoisotopic (exact) mass is 339 g/mol. The molecule has 106 valence electrons. The molecule has 1 atom stereocenters. The lowest BCUT2D eigenvalue weighted by atomic mass is 9.95. The fourth-order valence-electron chi connectivity index (χ4n) is 2.78.